The van der Waals surface area contributed by atoms with Gasteiger partial charge in [-0.3, -0.25) is 0 Å². The summed E-state index contributed by atoms with van der Waals surface area (Å²) in [5, 5.41) is 18.7. The summed E-state index contributed by atoms with van der Waals surface area (Å²) < 4.78 is 0. The van der Waals surface area contributed by atoms with Crippen LogP contribution in [0.5, 0.6) is 0 Å². The van der Waals surface area contributed by atoms with E-state index in [0.717, 1.165) is 16.7 Å². The molecule has 2 heteroatoms. The standard InChI is InChI=1S/C20H18N2/c1-15(17-9-5-3-6-10-17)20(19(13-21)14-22)16(2)18-11-7-4-8-12-18/h3-12,15-16H,1-2H3. The molecule has 0 saturated carbocycles. The van der Waals surface area contributed by atoms with Crippen LogP contribution in [0, 0.1) is 22.7 Å². The summed E-state index contributed by atoms with van der Waals surface area (Å²) in [5.74, 6) is 0.0383. The molecule has 0 spiro atoms. The maximum atomic E-state index is 9.36. The summed E-state index contributed by atoms with van der Waals surface area (Å²) >= 11 is 0. The highest BCUT2D eigenvalue weighted by atomic mass is 14.3. The monoisotopic (exact) mass is 286 g/mol. The van der Waals surface area contributed by atoms with Gasteiger partial charge in [0.1, 0.15) is 17.7 Å². The molecule has 0 aliphatic heterocycles. The Hall–Kier alpha value is -2.84. The maximum Gasteiger partial charge on any atom is 0.130 e. The van der Waals surface area contributed by atoms with Crippen LogP contribution in [0.3, 0.4) is 0 Å². The van der Waals surface area contributed by atoms with Gasteiger partial charge in [-0.1, -0.05) is 74.5 Å². The fraction of sp³-hybridized carbons (Fsp3) is 0.200. The molecular formula is C20H18N2. The zero-order valence-electron chi connectivity index (χ0n) is 12.8. The predicted octanol–water partition coefficient (Wildman–Crippen LogP) is 4.94. The van der Waals surface area contributed by atoms with Crippen LogP contribution in [-0.4, -0.2) is 0 Å². The Morgan fingerprint density at radius 1 is 0.727 bits per heavy atom. The van der Waals surface area contributed by atoms with E-state index in [4.69, 9.17) is 0 Å². The molecule has 0 heterocycles. The summed E-state index contributed by atoms with van der Waals surface area (Å²) in [5.41, 5.74) is 3.32. The molecule has 2 aromatic rings. The fourth-order valence-electron chi connectivity index (χ4n) is 2.80. The van der Waals surface area contributed by atoms with Gasteiger partial charge in [-0.25, -0.2) is 0 Å². The molecule has 2 atom stereocenters. The van der Waals surface area contributed by atoms with Crippen molar-refractivity contribution in [3.05, 3.63) is 82.9 Å². The zero-order chi connectivity index (χ0) is 15.9. The third kappa shape index (κ3) is 3.25. The first-order valence-corrected chi connectivity index (χ1v) is 7.33. The Morgan fingerprint density at radius 2 is 1.09 bits per heavy atom. The van der Waals surface area contributed by atoms with E-state index in [-0.39, 0.29) is 17.4 Å². The van der Waals surface area contributed by atoms with E-state index in [2.05, 4.69) is 26.0 Å². The van der Waals surface area contributed by atoms with Crippen molar-refractivity contribution < 1.29 is 0 Å². The molecule has 0 fully saturated rings. The van der Waals surface area contributed by atoms with Crippen molar-refractivity contribution >= 4 is 0 Å². The van der Waals surface area contributed by atoms with Gasteiger partial charge in [-0.2, -0.15) is 10.5 Å². The Bertz CT molecular complexity index is 667. The van der Waals surface area contributed by atoms with E-state index in [1.807, 2.05) is 60.7 Å². The number of benzene rings is 2. The molecule has 0 aliphatic carbocycles. The summed E-state index contributed by atoms with van der Waals surface area (Å²) in [6.07, 6.45) is 0. The lowest BCUT2D eigenvalue weighted by atomic mass is 9.79. The molecule has 0 aliphatic rings. The maximum absolute atomic E-state index is 9.36. The van der Waals surface area contributed by atoms with Crippen molar-refractivity contribution in [1.82, 2.24) is 0 Å². The SMILES string of the molecule is CC(C(=C(C#N)C#N)C(C)c1ccccc1)c1ccccc1. The molecule has 0 amide bonds. The van der Waals surface area contributed by atoms with Gasteiger partial charge in [0.15, 0.2) is 0 Å². The van der Waals surface area contributed by atoms with Gasteiger partial charge in [-0.15, -0.1) is 0 Å². The van der Waals surface area contributed by atoms with Gasteiger partial charge in [0.25, 0.3) is 0 Å². The molecule has 0 aromatic heterocycles. The first kappa shape index (κ1) is 15.5. The first-order chi connectivity index (χ1) is 10.7. The lowest BCUT2D eigenvalue weighted by Crippen LogP contribution is -2.09. The van der Waals surface area contributed by atoms with Crippen LogP contribution in [0.15, 0.2) is 71.8 Å². The van der Waals surface area contributed by atoms with Crippen molar-refractivity contribution in [3.63, 3.8) is 0 Å². The minimum atomic E-state index is 0.0192. The number of nitriles is 2. The van der Waals surface area contributed by atoms with Crippen molar-refractivity contribution in [2.45, 2.75) is 25.7 Å². The van der Waals surface area contributed by atoms with Gasteiger partial charge in [0, 0.05) is 11.8 Å². The third-order valence-corrected chi connectivity index (χ3v) is 4.04. The highest BCUT2D eigenvalue weighted by Gasteiger charge is 2.23. The summed E-state index contributed by atoms with van der Waals surface area (Å²) in [4.78, 5) is 0. The Labute approximate surface area is 132 Å². The number of nitrogens with zero attached hydrogens (tertiary/aromatic N) is 2. The quantitative estimate of drug-likeness (QED) is 0.747. The highest BCUT2D eigenvalue weighted by Crippen LogP contribution is 2.37. The Kier molecular flexibility index (Phi) is 5.12. The van der Waals surface area contributed by atoms with Crippen LogP contribution >= 0.6 is 0 Å². The lowest BCUT2D eigenvalue weighted by molar-refractivity contribution is 0.755. The summed E-state index contributed by atoms with van der Waals surface area (Å²) in [7, 11) is 0. The van der Waals surface area contributed by atoms with Crippen LogP contribution in [0.25, 0.3) is 0 Å². The van der Waals surface area contributed by atoms with E-state index in [1.54, 1.807) is 0 Å². The van der Waals surface area contributed by atoms with Gasteiger partial charge in [-0.05, 0) is 16.7 Å². The largest absolute Gasteiger partial charge is 0.192 e. The number of hydrogen-bond donors (Lipinski definition) is 0. The van der Waals surface area contributed by atoms with E-state index >= 15 is 0 Å². The van der Waals surface area contributed by atoms with E-state index in [1.165, 1.54) is 0 Å². The van der Waals surface area contributed by atoms with E-state index in [0.29, 0.717) is 0 Å². The van der Waals surface area contributed by atoms with Crippen molar-refractivity contribution in [2.24, 2.45) is 0 Å². The molecule has 108 valence electrons. The molecule has 22 heavy (non-hydrogen) atoms. The molecule has 2 aromatic carbocycles. The molecule has 2 unspecified atom stereocenters. The summed E-state index contributed by atoms with van der Waals surface area (Å²) in [6.45, 7) is 4.11. The van der Waals surface area contributed by atoms with Gasteiger partial charge >= 0.3 is 0 Å². The van der Waals surface area contributed by atoms with Gasteiger partial charge in [0.05, 0.1) is 0 Å². The fourth-order valence-corrected chi connectivity index (χ4v) is 2.80. The van der Waals surface area contributed by atoms with Crippen LogP contribution in [0.4, 0.5) is 0 Å². The van der Waals surface area contributed by atoms with Gasteiger partial charge in [0.2, 0.25) is 0 Å². The Morgan fingerprint density at radius 3 is 1.41 bits per heavy atom. The van der Waals surface area contributed by atoms with E-state index < -0.39 is 0 Å². The number of rotatable bonds is 4. The van der Waals surface area contributed by atoms with Crippen LogP contribution in [0.1, 0.15) is 36.8 Å². The molecule has 0 N–H and O–H groups in total. The highest BCUT2D eigenvalue weighted by molar-refractivity contribution is 5.49. The molecule has 2 rings (SSSR count). The topological polar surface area (TPSA) is 47.6 Å². The van der Waals surface area contributed by atoms with Crippen LogP contribution < -0.4 is 0 Å². The van der Waals surface area contributed by atoms with Crippen LogP contribution in [0.2, 0.25) is 0 Å². The smallest absolute Gasteiger partial charge is 0.130 e. The van der Waals surface area contributed by atoms with Gasteiger partial charge < -0.3 is 0 Å². The first-order valence-electron chi connectivity index (χ1n) is 7.33. The summed E-state index contributed by atoms with van der Waals surface area (Å²) in [6, 6.07) is 24.1. The second kappa shape index (κ2) is 7.25. The Balaban J connectivity index is 2.53. The third-order valence-electron chi connectivity index (χ3n) is 4.04. The second-order valence-electron chi connectivity index (χ2n) is 5.32. The predicted molar refractivity (Wildman–Crippen MR) is 88.0 cm³/mol. The average molecular weight is 286 g/mol. The zero-order valence-corrected chi connectivity index (χ0v) is 12.8. The number of allylic oxidation sites excluding steroid dienone is 2. The minimum absolute atomic E-state index is 0.0192. The molecule has 0 radical (unpaired) electrons. The lowest BCUT2D eigenvalue weighted by Gasteiger charge is -2.23. The van der Waals surface area contributed by atoms with Crippen molar-refractivity contribution in [1.29, 1.82) is 10.5 Å². The molecule has 2 nitrogen and oxygen atoms in total. The average Bonchev–Trinajstić information content (AvgIpc) is 2.60. The normalized spacial score (nSPS) is 12.5. The van der Waals surface area contributed by atoms with Crippen molar-refractivity contribution in [3.8, 4) is 12.1 Å². The number of hydrogen-bond acceptors (Lipinski definition) is 2. The van der Waals surface area contributed by atoms with Crippen LogP contribution in [-0.2, 0) is 0 Å². The minimum Gasteiger partial charge on any atom is -0.192 e. The molecule has 0 bridgehead atoms. The molecular weight excluding hydrogens is 268 g/mol. The second-order valence-corrected chi connectivity index (χ2v) is 5.32. The van der Waals surface area contributed by atoms with E-state index in [9.17, 15) is 10.5 Å². The molecule has 0 saturated heterocycles. The van der Waals surface area contributed by atoms with Crippen molar-refractivity contribution in [2.75, 3.05) is 0 Å².